The van der Waals surface area contributed by atoms with Gasteiger partial charge in [0.1, 0.15) is 12.0 Å². The topological polar surface area (TPSA) is 38.8 Å². The van der Waals surface area contributed by atoms with E-state index in [-0.39, 0.29) is 12.0 Å². The molecular formula is C33H41NO3. The van der Waals surface area contributed by atoms with Gasteiger partial charge in [-0.2, -0.15) is 5.06 Å². The van der Waals surface area contributed by atoms with Crippen LogP contribution >= 0.6 is 0 Å². The molecule has 1 fully saturated rings. The molecule has 1 aliphatic heterocycles. The normalized spacial score (nSPS) is 19.6. The van der Waals surface area contributed by atoms with Crippen LogP contribution in [0.2, 0.25) is 0 Å². The minimum absolute atomic E-state index is 0.179. The van der Waals surface area contributed by atoms with Gasteiger partial charge in [0, 0.05) is 6.54 Å². The summed E-state index contributed by atoms with van der Waals surface area (Å²) in [5, 5.41) is 1.98. The Morgan fingerprint density at radius 2 is 1.27 bits per heavy atom. The Hall–Kier alpha value is -2.95. The van der Waals surface area contributed by atoms with Gasteiger partial charge < -0.3 is 4.74 Å². The van der Waals surface area contributed by atoms with E-state index in [1.807, 2.05) is 71.8 Å². The van der Waals surface area contributed by atoms with Gasteiger partial charge in [-0.3, -0.25) is 9.63 Å². The van der Waals surface area contributed by atoms with Crippen molar-refractivity contribution in [2.75, 3.05) is 6.61 Å². The number of hydroxylamine groups is 2. The van der Waals surface area contributed by atoms with E-state index in [2.05, 4.69) is 31.2 Å². The summed E-state index contributed by atoms with van der Waals surface area (Å²) in [6, 6.07) is 30.3. The highest BCUT2D eigenvalue weighted by Crippen LogP contribution is 2.48. The summed E-state index contributed by atoms with van der Waals surface area (Å²) in [4.78, 5) is 20.3. The average Bonchev–Trinajstić information content (AvgIpc) is 3.32. The molecule has 4 rings (SSSR count). The summed E-state index contributed by atoms with van der Waals surface area (Å²) in [7, 11) is 0. The zero-order valence-corrected chi connectivity index (χ0v) is 22.1. The monoisotopic (exact) mass is 499 g/mol. The van der Waals surface area contributed by atoms with Crippen LogP contribution in [0.3, 0.4) is 0 Å². The molecule has 0 radical (unpaired) electrons. The van der Waals surface area contributed by atoms with E-state index >= 15 is 0 Å². The lowest BCUT2D eigenvalue weighted by atomic mass is 9.86. The highest BCUT2D eigenvalue weighted by Gasteiger charge is 2.49. The van der Waals surface area contributed by atoms with Gasteiger partial charge >= 0.3 is 5.97 Å². The van der Waals surface area contributed by atoms with E-state index in [0.29, 0.717) is 13.2 Å². The Labute approximate surface area is 222 Å². The zero-order chi connectivity index (χ0) is 25.7. The van der Waals surface area contributed by atoms with Gasteiger partial charge in [-0.25, -0.2) is 0 Å². The zero-order valence-electron chi connectivity index (χ0n) is 22.1. The SMILES string of the molecule is CCCCCCCCCCOC(=O)[C@@H]1[C@@H](c2ccccc2)N(Cc2ccccc2)O[C@H]1c1ccccc1. The third-order valence-corrected chi connectivity index (χ3v) is 7.19. The Balaban J connectivity index is 1.48. The molecular weight excluding hydrogens is 458 g/mol. The van der Waals surface area contributed by atoms with Crippen LogP contribution in [-0.2, 0) is 20.9 Å². The minimum atomic E-state index is -0.456. The maximum absolute atomic E-state index is 13.7. The molecule has 1 heterocycles. The average molecular weight is 500 g/mol. The highest BCUT2D eigenvalue weighted by molar-refractivity contribution is 5.75. The van der Waals surface area contributed by atoms with Crippen molar-refractivity contribution in [2.45, 2.75) is 77.0 Å². The molecule has 196 valence electrons. The second-order valence-electron chi connectivity index (χ2n) is 10.0. The molecule has 1 saturated heterocycles. The van der Waals surface area contributed by atoms with Crippen molar-refractivity contribution in [3.05, 3.63) is 108 Å². The molecule has 0 unspecified atom stereocenters. The predicted molar refractivity (Wildman–Crippen MR) is 148 cm³/mol. The van der Waals surface area contributed by atoms with E-state index in [1.165, 1.54) is 38.5 Å². The van der Waals surface area contributed by atoms with Crippen LogP contribution < -0.4 is 0 Å². The standard InChI is InChI=1S/C33H41NO3/c1-2-3-4-5-6-7-8-18-25-36-33(35)30-31(28-21-14-10-15-22-28)34(26-27-19-12-9-13-20-27)37-32(30)29-23-16-11-17-24-29/h9-17,19-24,30-32H,2-8,18,25-26H2,1H3/t30-,31-,32+/m1/s1. The van der Waals surface area contributed by atoms with Gasteiger partial charge in [-0.1, -0.05) is 143 Å². The molecule has 3 aromatic carbocycles. The number of unbranched alkanes of at least 4 members (excludes halogenated alkanes) is 7. The van der Waals surface area contributed by atoms with Gasteiger partial charge in [-0.05, 0) is 23.1 Å². The molecule has 3 aromatic rings. The van der Waals surface area contributed by atoms with E-state index in [0.717, 1.165) is 29.5 Å². The van der Waals surface area contributed by atoms with Gasteiger partial charge in [0.25, 0.3) is 0 Å². The molecule has 0 N–H and O–H groups in total. The van der Waals surface area contributed by atoms with E-state index in [4.69, 9.17) is 9.57 Å². The smallest absolute Gasteiger partial charge is 0.314 e. The molecule has 0 amide bonds. The van der Waals surface area contributed by atoms with Gasteiger partial charge in [0.05, 0.1) is 12.6 Å². The first-order chi connectivity index (χ1) is 18.3. The minimum Gasteiger partial charge on any atom is -0.465 e. The van der Waals surface area contributed by atoms with Crippen molar-refractivity contribution in [3.63, 3.8) is 0 Å². The number of benzene rings is 3. The Kier molecular flexibility index (Phi) is 10.8. The first-order valence-electron chi connectivity index (χ1n) is 14.0. The number of carbonyl (C=O) groups is 1. The number of carbonyl (C=O) groups excluding carboxylic acids is 1. The second kappa shape index (κ2) is 14.7. The molecule has 0 bridgehead atoms. The van der Waals surface area contributed by atoms with Crippen molar-refractivity contribution in [3.8, 4) is 0 Å². The van der Waals surface area contributed by atoms with Crippen LogP contribution in [0.4, 0.5) is 0 Å². The summed E-state index contributed by atoms with van der Waals surface area (Å²) < 4.78 is 5.93. The van der Waals surface area contributed by atoms with Crippen molar-refractivity contribution >= 4 is 5.97 Å². The molecule has 0 spiro atoms. The highest BCUT2D eigenvalue weighted by atomic mass is 16.7. The largest absolute Gasteiger partial charge is 0.465 e. The van der Waals surface area contributed by atoms with Gasteiger partial charge in [0.2, 0.25) is 0 Å². The predicted octanol–water partition coefficient (Wildman–Crippen LogP) is 8.22. The number of ether oxygens (including phenoxy) is 1. The lowest BCUT2D eigenvalue weighted by Gasteiger charge is -2.25. The fraction of sp³-hybridized carbons (Fsp3) is 0.424. The quantitative estimate of drug-likeness (QED) is 0.165. The first kappa shape index (κ1) is 27.1. The number of rotatable bonds is 14. The molecule has 4 heteroatoms. The van der Waals surface area contributed by atoms with Crippen LogP contribution in [0.15, 0.2) is 91.0 Å². The van der Waals surface area contributed by atoms with E-state index in [1.54, 1.807) is 0 Å². The summed E-state index contributed by atoms with van der Waals surface area (Å²) in [5.74, 6) is -0.635. The summed E-state index contributed by atoms with van der Waals surface area (Å²) >= 11 is 0. The lowest BCUT2D eigenvalue weighted by Crippen LogP contribution is -2.30. The van der Waals surface area contributed by atoms with Gasteiger partial charge in [-0.15, -0.1) is 0 Å². The Morgan fingerprint density at radius 3 is 1.89 bits per heavy atom. The summed E-state index contributed by atoms with van der Waals surface area (Å²) in [5.41, 5.74) is 3.20. The van der Waals surface area contributed by atoms with Crippen molar-refractivity contribution < 1.29 is 14.4 Å². The van der Waals surface area contributed by atoms with E-state index < -0.39 is 12.0 Å². The van der Waals surface area contributed by atoms with Crippen LogP contribution in [0.5, 0.6) is 0 Å². The van der Waals surface area contributed by atoms with Gasteiger partial charge in [0.15, 0.2) is 0 Å². The Bertz CT molecular complexity index is 1040. The molecule has 37 heavy (non-hydrogen) atoms. The summed E-state index contributed by atoms with van der Waals surface area (Å²) in [6.45, 7) is 3.30. The number of hydrogen-bond donors (Lipinski definition) is 0. The fourth-order valence-electron chi connectivity index (χ4n) is 5.21. The second-order valence-corrected chi connectivity index (χ2v) is 10.0. The molecule has 4 nitrogen and oxygen atoms in total. The molecule has 3 atom stereocenters. The van der Waals surface area contributed by atoms with Crippen molar-refractivity contribution in [1.29, 1.82) is 0 Å². The maximum atomic E-state index is 13.7. The molecule has 0 saturated carbocycles. The third-order valence-electron chi connectivity index (χ3n) is 7.19. The Morgan fingerprint density at radius 1 is 0.730 bits per heavy atom. The van der Waals surface area contributed by atoms with Crippen LogP contribution in [0.25, 0.3) is 0 Å². The van der Waals surface area contributed by atoms with Crippen LogP contribution in [0, 0.1) is 5.92 Å². The molecule has 0 aliphatic carbocycles. The number of esters is 1. The summed E-state index contributed by atoms with van der Waals surface area (Å²) in [6.07, 6.45) is 9.32. The van der Waals surface area contributed by atoms with Crippen molar-refractivity contribution in [1.82, 2.24) is 5.06 Å². The third kappa shape index (κ3) is 7.77. The van der Waals surface area contributed by atoms with Crippen molar-refractivity contribution in [2.24, 2.45) is 5.92 Å². The fourth-order valence-corrected chi connectivity index (χ4v) is 5.21. The molecule has 0 aromatic heterocycles. The maximum Gasteiger partial charge on any atom is 0.314 e. The van der Waals surface area contributed by atoms with E-state index in [9.17, 15) is 4.79 Å². The number of nitrogens with zero attached hydrogens (tertiary/aromatic N) is 1. The van der Waals surface area contributed by atoms with Crippen LogP contribution in [0.1, 0.15) is 87.1 Å². The number of hydrogen-bond acceptors (Lipinski definition) is 4. The lowest BCUT2D eigenvalue weighted by molar-refractivity contribution is -0.173. The van der Waals surface area contributed by atoms with Crippen LogP contribution in [-0.4, -0.2) is 17.6 Å². The first-order valence-corrected chi connectivity index (χ1v) is 14.0. The molecule has 1 aliphatic rings.